The SMILES string of the molecule is O=C(NC1CCCC1)[C@H](Cc1ccccc1)N(Cc1ccccc1Cl)C(=O)COc1ccc(Br)cc1Cl. The highest BCUT2D eigenvalue weighted by molar-refractivity contribution is 9.10. The lowest BCUT2D eigenvalue weighted by atomic mass is 10.0. The zero-order chi connectivity index (χ0) is 26.2. The average Bonchev–Trinajstić information content (AvgIpc) is 3.40. The van der Waals surface area contributed by atoms with Crippen LogP contribution in [0.15, 0.2) is 77.3 Å². The summed E-state index contributed by atoms with van der Waals surface area (Å²) in [6.07, 6.45) is 4.46. The number of benzene rings is 3. The van der Waals surface area contributed by atoms with E-state index < -0.39 is 6.04 Å². The minimum Gasteiger partial charge on any atom is -0.482 e. The van der Waals surface area contributed by atoms with Gasteiger partial charge in [-0.2, -0.15) is 0 Å². The smallest absolute Gasteiger partial charge is 0.261 e. The molecular weight excluding hydrogens is 575 g/mol. The number of amides is 2. The van der Waals surface area contributed by atoms with Crippen molar-refractivity contribution < 1.29 is 14.3 Å². The number of carbonyl (C=O) groups is 2. The minimum atomic E-state index is -0.740. The van der Waals surface area contributed by atoms with Crippen molar-refractivity contribution in [2.75, 3.05) is 6.61 Å². The third-order valence-electron chi connectivity index (χ3n) is 6.52. The Balaban J connectivity index is 1.63. The zero-order valence-electron chi connectivity index (χ0n) is 20.3. The summed E-state index contributed by atoms with van der Waals surface area (Å²) >= 11 is 16.1. The van der Waals surface area contributed by atoms with E-state index >= 15 is 0 Å². The third kappa shape index (κ3) is 7.73. The van der Waals surface area contributed by atoms with E-state index in [0.29, 0.717) is 22.2 Å². The summed E-state index contributed by atoms with van der Waals surface area (Å²) in [4.78, 5) is 29.0. The van der Waals surface area contributed by atoms with Crippen LogP contribution in [0.4, 0.5) is 0 Å². The molecule has 1 saturated carbocycles. The normalized spacial score (nSPS) is 14.2. The van der Waals surface area contributed by atoms with Crippen molar-refractivity contribution in [1.29, 1.82) is 0 Å². The molecule has 0 aliphatic heterocycles. The fraction of sp³-hybridized carbons (Fsp3) is 0.310. The Morgan fingerprint density at radius 1 is 0.973 bits per heavy atom. The first-order valence-corrected chi connectivity index (χ1v) is 13.9. The molecule has 0 heterocycles. The lowest BCUT2D eigenvalue weighted by Gasteiger charge is -2.32. The van der Waals surface area contributed by atoms with Crippen LogP contribution in [0.5, 0.6) is 5.75 Å². The van der Waals surface area contributed by atoms with Crippen LogP contribution in [0, 0.1) is 0 Å². The summed E-state index contributed by atoms with van der Waals surface area (Å²) in [6, 6.07) is 21.7. The molecule has 0 aromatic heterocycles. The number of halogens is 3. The molecular formula is C29H29BrCl2N2O3. The molecule has 8 heteroatoms. The highest BCUT2D eigenvalue weighted by Gasteiger charge is 2.32. The fourth-order valence-corrected chi connectivity index (χ4v) is 5.47. The summed E-state index contributed by atoms with van der Waals surface area (Å²) in [5.41, 5.74) is 1.72. The van der Waals surface area contributed by atoms with Crippen molar-refractivity contribution in [3.05, 3.63) is 98.4 Å². The maximum absolute atomic E-state index is 13.7. The Labute approximate surface area is 236 Å². The number of hydrogen-bond donors (Lipinski definition) is 1. The Kier molecular flexibility index (Phi) is 9.89. The van der Waals surface area contributed by atoms with Crippen molar-refractivity contribution in [1.82, 2.24) is 10.2 Å². The number of hydrogen-bond acceptors (Lipinski definition) is 3. The molecule has 3 aromatic carbocycles. The number of nitrogens with one attached hydrogen (secondary N) is 1. The standard InChI is InChI=1S/C29H29BrCl2N2O3/c30-22-14-15-27(25(32)17-22)37-19-28(35)34(18-21-10-4-7-13-24(21)31)26(16-20-8-2-1-3-9-20)29(36)33-23-11-5-6-12-23/h1-4,7-10,13-15,17,23,26H,5-6,11-12,16,18-19H2,(H,33,36)/t26-/m0/s1. The first-order valence-electron chi connectivity index (χ1n) is 12.4. The molecule has 5 nitrogen and oxygen atoms in total. The van der Waals surface area contributed by atoms with Gasteiger partial charge >= 0.3 is 0 Å². The lowest BCUT2D eigenvalue weighted by molar-refractivity contribution is -0.143. The Morgan fingerprint density at radius 3 is 2.38 bits per heavy atom. The predicted octanol–water partition coefficient (Wildman–Crippen LogP) is 6.83. The summed E-state index contributed by atoms with van der Waals surface area (Å²) < 4.78 is 6.62. The fourth-order valence-electron chi connectivity index (χ4n) is 4.55. The van der Waals surface area contributed by atoms with Crippen LogP contribution in [-0.4, -0.2) is 35.4 Å². The maximum Gasteiger partial charge on any atom is 0.261 e. The molecule has 3 aromatic rings. The molecule has 37 heavy (non-hydrogen) atoms. The zero-order valence-corrected chi connectivity index (χ0v) is 23.4. The third-order valence-corrected chi connectivity index (χ3v) is 7.67. The number of ether oxygens (including phenoxy) is 1. The topological polar surface area (TPSA) is 58.6 Å². The van der Waals surface area contributed by atoms with Gasteiger partial charge in [-0.15, -0.1) is 0 Å². The Hall–Kier alpha value is -2.54. The van der Waals surface area contributed by atoms with Crippen LogP contribution in [0.25, 0.3) is 0 Å². The van der Waals surface area contributed by atoms with Crippen LogP contribution in [0.1, 0.15) is 36.8 Å². The summed E-state index contributed by atoms with van der Waals surface area (Å²) in [5, 5.41) is 4.11. The van der Waals surface area contributed by atoms with E-state index in [1.54, 1.807) is 29.2 Å². The molecule has 2 amide bonds. The molecule has 1 atom stereocenters. The quantitative estimate of drug-likeness (QED) is 0.276. The first kappa shape index (κ1) is 27.5. The molecule has 1 fully saturated rings. The predicted molar refractivity (Wildman–Crippen MR) is 151 cm³/mol. The van der Waals surface area contributed by atoms with Gasteiger partial charge in [-0.3, -0.25) is 9.59 Å². The molecule has 4 rings (SSSR count). The van der Waals surface area contributed by atoms with Crippen molar-refractivity contribution >= 4 is 50.9 Å². The lowest BCUT2D eigenvalue weighted by Crippen LogP contribution is -2.53. The van der Waals surface area contributed by atoms with Crippen LogP contribution in [0.3, 0.4) is 0 Å². The van der Waals surface area contributed by atoms with E-state index in [1.807, 2.05) is 48.5 Å². The maximum atomic E-state index is 13.7. The minimum absolute atomic E-state index is 0.126. The van der Waals surface area contributed by atoms with Gasteiger partial charge < -0.3 is 15.0 Å². The Bertz CT molecular complexity index is 1220. The summed E-state index contributed by atoms with van der Waals surface area (Å²) in [6.45, 7) is -0.0979. The second-order valence-corrected chi connectivity index (χ2v) is 10.9. The largest absolute Gasteiger partial charge is 0.482 e. The van der Waals surface area contributed by atoms with E-state index in [9.17, 15) is 9.59 Å². The monoisotopic (exact) mass is 602 g/mol. The molecule has 1 aliphatic carbocycles. The summed E-state index contributed by atoms with van der Waals surface area (Å²) in [5.74, 6) is -0.106. The first-order chi connectivity index (χ1) is 17.9. The molecule has 194 valence electrons. The molecule has 1 N–H and O–H groups in total. The van der Waals surface area contributed by atoms with E-state index in [2.05, 4.69) is 21.2 Å². The molecule has 0 unspecified atom stereocenters. The second kappa shape index (κ2) is 13.3. The highest BCUT2D eigenvalue weighted by atomic mass is 79.9. The van der Waals surface area contributed by atoms with Gasteiger partial charge in [-0.1, -0.05) is 101 Å². The van der Waals surface area contributed by atoms with Gasteiger partial charge in [-0.05, 0) is 48.2 Å². The second-order valence-electron chi connectivity index (χ2n) is 9.17. The van der Waals surface area contributed by atoms with Gasteiger partial charge in [0.05, 0.1) is 5.02 Å². The highest BCUT2D eigenvalue weighted by Crippen LogP contribution is 2.28. The van der Waals surface area contributed by atoms with Crippen molar-refractivity contribution in [2.24, 2.45) is 0 Å². The molecule has 0 saturated heterocycles. The van der Waals surface area contributed by atoms with Crippen molar-refractivity contribution in [2.45, 2.75) is 50.7 Å². The van der Waals surface area contributed by atoms with Crippen LogP contribution in [-0.2, 0) is 22.6 Å². The van der Waals surface area contributed by atoms with Gasteiger partial charge in [-0.25, -0.2) is 0 Å². The van der Waals surface area contributed by atoms with Gasteiger partial charge in [0.2, 0.25) is 5.91 Å². The van der Waals surface area contributed by atoms with Gasteiger partial charge in [0, 0.05) is 28.5 Å². The molecule has 0 bridgehead atoms. The average molecular weight is 604 g/mol. The molecule has 1 aliphatic rings. The van der Waals surface area contributed by atoms with E-state index in [4.69, 9.17) is 27.9 Å². The van der Waals surface area contributed by atoms with Gasteiger partial charge in [0.15, 0.2) is 6.61 Å². The van der Waals surface area contributed by atoms with Crippen molar-refractivity contribution in [3.8, 4) is 5.75 Å². The number of carbonyl (C=O) groups excluding carboxylic acids is 2. The Morgan fingerprint density at radius 2 is 1.68 bits per heavy atom. The van der Waals surface area contributed by atoms with Crippen LogP contribution < -0.4 is 10.1 Å². The van der Waals surface area contributed by atoms with E-state index in [1.165, 1.54) is 0 Å². The van der Waals surface area contributed by atoms with Crippen LogP contribution >= 0.6 is 39.1 Å². The number of nitrogens with zero attached hydrogens (tertiary/aromatic N) is 1. The van der Waals surface area contributed by atoms with Crippen molar-refractivity contribution in [3.63, 3.8) is 0 Å². The van der Waals surface area contributed by atoms with Gasteiger partial charge in [0.25, 0.3) is 5.91 Å². The summed E-state index contributed by atoms with van der Waals surface area (Å²) in [7, 11) is 0. The van der Waals surface area contributed by atoms with E-state index in [0.717, 1.165) is 41.3 Å². The van der Waals surface area contributed by atoms with Gasteiger partial charge in [0.1, 0.15) is 11.8 Å². The number of rotatable bonds is 10. The molecule has 0 radical (unpaired) electrons. The van der Waals surface area contributed by atoms with E-state index in [-0.39, 0.29) is 31.0 Å². The van der Waals surface area contributed by atoms with Crippen LogP contribution in [0.2, 0.25) is 10.0 Å². The molecule has 0 spiro atoms.